The van der Waals surface area contributed by atoms with E-state index in [1.165, 1.54) is 13.8 Å². The number of carbonyl (C=O) groups excluding carboxylic acids is 4. The highest BCUT2D eigenvalue weighted by atomic mass is 16.7. The molecule has 0 N–H and O–H groups in total. The minimum atomic E-state index is -1.30. The molecule has 11 heteroatoms. The Bertz CT molecular complexity index is 898. The van der Waals surface area contributed by atoms with Gasteiger partial charge in [-0.05, 0) is 30.7 Å². The molecule has 0 unspecified atom stereocenters. The first kappa shape index (κ1) is 29.9. The van der Waals surface area contributed by atoms with E-state index in [4.69, 9.17) is 33.2 Å². The summed E-state index contributed by atoms with van der Waals surface area (Å²) in [6.45, 7) is 7.10. The Kier molecular flexibility index (Phi) is 12.1. The Morgan fingerprint density at radius 3 is 1.86 bits per heavy atom. The zero-order valence-electron chi connectivity index (χ0n) is 21.9. The van der Waals surface area contributed by atoms with E-state index in [-0.39, 0.29) is 6.61 Å². The molecule has 206 valence electrons. The topological polar surface area (TPSA) is 133 Å². The zero-order valence-corrected chi connectivity index (χ0v) is 21.9. The lowest BCUT2D eigenvalue weighted by atomic mass is 9.98. The van der Waals surface area contributed by atoms with Crippen LogP contribution in [0.25, 0.3) is 0 Å². The normalized spacial score (nSPS) is 22.9. The third-order valence-electron chi connectivity index (χ3n) is 5.29. The van der Waals surface area contributed by atoms with E-state index in [9.17, 15) is 19.2 Å². The number of benzene rings is 1. The highest BCUT2D eigenvalue weighted by Gasteiger charge is 2.53. The lowest BCUT2D eigenvalue weighted by molar-refractivity contribution is -0.288. The Balaban J connectivity index is 2.26. The summed E-state index contributed by atoms with van der Waals surface area (Å²) in [6.07, 6.45) is -1.85. The molecule has 1 aromatic carbocycles. The molecule has 0 spiro atoms. The Morgan fingerprint density at radius 2 is 1.30 bits per heavy atom. The van der Waals surface area contributed by atoms with Crippen LogP contribution in [0, 0.1) is 0 Å². The molecule has 1 fully saturated rings. The molecule has 0 amide bonds. The van der Waals surface area contributed by atoms with Gasteiger partial charge >= 0.3 is 23.9 Å². The molecule has 1 aliphatic heterocycles. The first-order chi connectivity index (χ1) is 17.6. The number of ether oxygens (including phenoxy) is 7. The van der Waals surface area contributed by atoms with Crippen LogP contribution >= 0.6 is 0 Å². The van der Waals surface area contributed by atoms with Gasteiger partial charge in [0.15, 0.2) is 12.2 Å². The fourth-order valence-electron chi connectivity index (χ4n) is 3.75. The van der Waals surface area contributed by atoms with E-state index >= 15 is 0 Å². The Labute approximate surface area is 216 Å². The summed E-state index contributed by atoms with van der Waals surface area (Å²) in [5.41, 5.74) is 0. The van der Waals surface area contributed by atoms with Gasteiger partial charge in [-0.25, -0.2) is 0 Å². The molecule has 2 rings (SSSR count). The predicted octanol–water partition coefficient (Wildman–Crippen LogP) is 3.11. The van der Waals surface area contributed by atoms with Crippen molar-refractivity contribution in [2.75, 3.05) is 13.2 Å². The van der Waals surface area contributed by atoms with Crippen LogP contribution in [-0.4, -0.2) is 67.8 Å². The average Bonchev–Trinajstić information content (AvgIpc) is 2.81. The number of hydrogen-bond acceptors (Lipinski definition) is 11. The predicted molar refractivity (Wildman–Crippen MR) is 129 cm³/mol. The van der Waals surface area contributed by atoms with Crippen LogP contribution in [0.1, 0.15) is 60.3 Å². The number of carbonyl (C=O) groups is 4. The Morgan fingerprint density at radius 1 is 0.730 bits per heavy atom. The molecule has 11 nitrogen and oxygen atoms in total. The molecule has 1 aliphatic rings. The van der Waals surface area contributed by atoms with E-state index in [1.807, 2.05) is 0 Å². The van der Waals surface area contributed by atoms with Gasteiger partial charge in [0, 0.05) is 27.7 Å². The maximum Gasteiger partial charge on any atom is 0.303 e. The summed E-state index contributed by atoms with van der Waals surface area (Å²) in [5.74, 6) is -1.72. The van der Waals surface area contributed by atoms with Gasteiger partial charge in [0.05, 0.1) is 6.61 Å². The van der Waals surface area contributed by atoms with Gasteiger partial charge in [0.1, 0.15) is 24.2 Å². The van der Waals surface area contributed by atoms with Crippen molar-refractivity contribution in [3.8, 4) is 11.5 Å². The molecule has 1 saturated heterocycles. The smallest absolute Gasteiger partial charge is 0.303 e. The minimum Gasteiger partial charge on any atom is -0.494 e. The summed E-state index contributed by atoms with van der Waals surface area (Å²) in [5, 5.41) is 0. The monoisotopic (exact) mass is 524 g/mol. The van der Waals surface area contributed by atoms with Crippen molar-refractivity contribution in [1.29, 1.82) is 0 Å². The first-order valence-electron chi connectivity index (χ1n) is 12.3. The molecule has 0 aromatic heterocycles. The van der Waals surface area contributed by atoms with E-state index in [1.54, 1.807) is 24.3 Å². The second-order valence-corrected chi connectivity index (χ2v) is 8.57. The van der Waals surface area contributed by atoms with Crippen LogP contribution in [0.5, 0.6) is 11.5 Å². The summed E-state index contributed by atoms with van der Waals surface area (Å²) in [4.78, 5) is 47.1. The number of unbranched alkanes of at least 4 members (excludes halogenated alkanes) is 3. The van der Waals surface area contributed by atoms with Gasteiger partial charge in [-0.3, -0.25) is 19.2 Å². The lowest BCUT2D eigenvalue weighted by Gasteiger charge is -2.43. The summed E-state index contributed by atoms with van der Waals surface area (Å²) in [7, 11) is 0. The van der Waals surface area contributed by atoms with Gasteiger partial charge < -0.3 is 33.2 Å². The van der Waals surface area contributed by atoms with Crippen LogP contribution in [0.15, 0.2) is 24.3 Å². The van der Waals surface area contributed by atoms with E-state index in [0.717, 1.165) is 39.5 Å². The maximum absolute atomic E-state index is 11.9. The van der Waals surface area contributed by atoms with Crippen molar-refractivity contribution < 1.29 is 52.3 Å². The molecular formula is C26H36O11. The molecule has 37 heavy (non-hydrogen) atoms. The third-order valence-corrected chi connectivity index (χ3v) is 5.29. The molecule has 0 aliphatic carbocycles. The number of rotatable bonds is 13. The van der Waals surface area contributed by atoms with Crippen molar-refractivity contribution in [2.45, 2.75) is 91.0 Å². The second kappa shape index (κ2) is 15.0. The molecular weight excluding hydrogens is 488 g/mol. The van der Waals surface area contributed by atoms with Crippen LogP contribution in [-0.2, 0) is 42.9 Å². The highest BCUT2D eigenvalue weighted by molar-refractivity contribution is 5.68. The van der Waals surface area contributed by atoms with Crippen molar-refractivity contribution in [2.24, 2.45) is 0 Å². The number of hydrogen-bond donors (Lipinski definition) is 0. The van der Waals surface area contributed by atoms with Crippen LogP contribution in [0.2, 0.25) is 0 Å². The Hall–Kier alpha value is -3.34. The largest absolute Gasteiger partial charge is 0.494 e. The summed E-state index contributed by atoms with van der Waals surface area (Å²) >= 11 is 0. The van der Waals surface area contributed by atoms with E-state index in [2.05, 4.69) is 6.92 Å². The van der Waals surface area contributed by atoms with Gasteiger partial charge in [0.2, 0.25) is 12.4 Å². The number of esters is 4. The molecule has 0 bridgehead atoms. The first-order valence-corrected chi connectivity index (χ1v) is 12.3. The zero-order chi connectivity index (χ0) is 27.4. The van der Waals surface area contributed by atoms with Gasteiger partial charge in [-0.2, -0.15) is 0 Å². The van der Waals surface area contributed by atoms with Crippen molar-refractivity contribution in [3.63, 3.8) is 0 Å². The van der Waals surface area contributed by atoms with Gasteiger partial charge in [-0.1, -0.05) is 26.2 Å². The second-order valence-electron chi connectivity index (χ2n) is 8.57. The molecule has 5 atom stereocenters. The van der Waals surface area contributed by atoms with Crippen molar-refractivity contribution >= 4 is 23.9 Å². The SMILES string of the molecule is CCCCCCOc1ccc(O[C@H]2O[C@@H](COC(C)=O)[C@@H](OC(C)=O)[C@H](OC(C)=O)[C@H]2OC(C)=O)cc1. The summed E-state index contributed by atoms with van der Waals surface area (Å²) < 4.78 is 38.8. The van der Waals surface area contributed by atoms with Crippen LogP contribution in [0.3, 0.4) is 0 Å². The quantitative estimate of drug-likeness (QED) is 0.214. The standard InChI is InChI=1S/C26H36O11/c1-6-7-8-9-14-31-20-10-12-21(13-11-20)36-26-25(35-19(5)30)24(34-18(4)29)23(33-17(3)28)22(37-26)15-32-16(2)27/h10-13,22-26H,6-9,14-15H2,1-5H3/t22-,23+,24-,25+,26-/m0/s1. The van der Waals surface area contributed by atoms with Gasteiger partial charge in [-0.15, -0.1) is 0 Å². The highest BCUT2D eigenvalue weighted by Crippen LogP contribution is 2.31. The fourth-order valence-corrected chi connectivity index (χ4v) is 3.75. The minimum absolute atomic E-state index is 0.331. The van der Waals surface area contributed by atoms with Crippen molar-refractivity contribution in [1.82, 2.24) is 0 Å². The molecule has 0 radical (unpaired) electrons. The molecule has 0 saturated carbocycles. The van der Waals surface area contributed by atoms with Gasteiger partial charge in [0.25, 0.3) is 0 Å². The average molecular weight is 525 g/mol. The van der Waals surface area contributed by atoms with E-state index in [0.29, 0.717) is 18.1 Å². The van der Waals surface area contributed by atoms with E-state index < -0.39 is 54.6 Å². The molecule has 1 aromatic rings. The van der Waals surface area contributed by atoms with Crippen molar-refractivity contribution in [3.05, 3.63) is 24.3 Å². The maximum atomic E-state index is 11.9. The third kappa shape index (κ3) is 10.3. The summed E-state index contributed by atoms with van der Waals surface area (Å²) in [6, 6.07) is 6.74. The van der Waals surface area contributed by atoms with Crippen LogP contribution < -0.4 is 9.47 Å². The molecule has 1 heterocycles. The van der Waals surface area contributed by atoms with Crippen LogP contribution in [0.4, 0.5) is 0 Å². The fraction of sp³-hybridized carbons (Fsp3) is 0.615. The lowest BCUT2D eigenvalue weighted by Crippen LogP contribution is -2.63.